The lowest BCUT2D eigenvalue weighted by Gasteiger charge is -2.18. The molecule has 138 valence electrons. The van der Waals surface area contributed by atoms with Gasteiger partial charge in [0.15, 0.2) is 0 Å². The van der Waals surface area contributed by atoms with Gasteiger partial charge in [-0.15, -0.1) is 0 Å². The van der Waals surface area contributed by atoms with Gasteiger partial charge in [-0.1, -0.05) is 43.7 Å². The third kappa shape index (κ3) is 6.23. The molecule has 2 aromatic rings. The van der Waals surface area contributed by atoms with Crippen molar-refractivity contribution in [2.24, 2.45) is 0 Å². The highest BCUT2D eigenvalue weighted by Crippen LogP contribution is 2.13. The Kier molecular flexibility index (Phi) is 8.22. The first-order valence-electron chi connectivity index (χ1n) is 8.88. The summed E-state index contributed by atoms with van der Waals surface area (Å²) in [7, 11) is 0. The maximum atomic E-state index is 12.7. The summed E-state index contributed by atoms with van der Waals surface area (Å²) in [4.78, 5) is 25.1. The summed E-state index contributed by atoms with van der Waals surface area (Å²) in [5, 5.41) is 5.77. The van der Waals surface area contributed by atoms with Gasteiger partial charge in [-0.25, -0.2) is 0 Å². The predicted octanol–water partition coefficient (Wildman–Crippen LogP) is 4.13. The Morgan fingerprint density at radius 3 is 2.35 bits per heavy atom. The molecule has 0 bridgehead atoms. The minimum Gasteiger partial charge on any atom is -0.340 e. The molecule has 0 radical (unpaired) electrons. The Bertz CT molecular complexity index is 702. The molecule has 1 atom stereocenters. The number of hydrogen-bond donors (Lipinski definition) is 2. The lowest BCUT2D eigenvalue weighted by atomic mass is 10.1. The van der Waals surface area contributed by atoms with Gasteiger partial charge in [0.05, 0.1) is 0 Å². The van der Waals surface area contributed by atoms with E-state index in [4.69, 9.17) is 0 Å². The second kappa shape index (κ2) is 10.7. The van der Waals surface area contributed by atoms with Crippen molar-refractivity contribution in [2.45, 2.75) is 32.2 Å². The van der Waals surface area contributed by atoms with E-state index in [1.807, 2.05) is 48.7 Å². The molecule has 5 heteroatoms. The van der Waals surface area contributed by atoms with Crippen molar-refractivity contribution in [1.82, 2.24) is 5.32 Å². The number of carbonyl (C=O) groups excluding carboxylic acids is 2. The summed E-state index contributed by atoms with van der Waals surface area (Å²) >= 11 is 1.65. The average Bonchev–Trinajstić information content (AvgIpc) is 2.67. The largest absolute Gasteiger partial charge is 0.340 e. The molecule has 2 aromatic carbocycles. The van der Waals surface area contributed by atoms with Crippen LogP contribution in [0.5, 0.6) is 0 Å². The van der Waals surface area contributed by atoms with Crippen LogP contribution in [0.25, 0.3) is 0 Å². The number of aryl methyl sites for hydroxylation is 1. The highest BCUT2D eigenvalue weighted by atomic mass is 32.2. The molecule has 0 aliphatic rings. The van der Waals surface area contributed by atoms with Gasteiger partial charge in [-0.05, 0) is 54.7 Å². The fraction of sp³-hybridized carbons (Fsp3) is 0.333. The Morgan fingerprint density at radius 1 is 1.04 bits per heavy atom. The molecular formula is C21H26N2O2S. The van der Waals surface area contributed by atoms with Gasteiger partial charge in [-0.3, -0.25) is 9.59 Å². The molecule has 0 fully saturated rings. The third-order valence-electron chi connectivity index (χ3n) is 4.03. The molecule has 26 heavy (non-hydrogen) atoms. The van der Waals surface area contributed by atoms with E-state index in [0.717, 1.165) is 24.3 Å². The van der Waals surface area contributed by atoms with Crippen molar-refractivity contribution >= 4 is 29.3 Å². The van der Waals surface area contributed by atoms with Crippen LogP contribution in [0.15, 0.2) is 54.6 Å². The Hall–Kier alpha value is -2.27. The first kappa shape index (κ1) is 20.0. The van der Waals surface area contributed by atoms with Crippen LogP contribution in [-0.2, 0) is 11.2 Å². The van der Waals surface area contributed by atoms with Crippen LogP contribution in [0.2, 0.25) is 0 Å². The molecule has 4 nitrogen and oxygen atoms in total. The van der Waals surface area contributed by atoms with E-state index in [9.17, 15) is 9.59 Å². The van der Waals surface area contributed by atoms with Gasteiger partial charge < -0.3 is 10.6 Å². The predicted molar refractivity (Wildman–Crippen MR) is 110 cm³/mol. The Morgan fingerprint density at radius 2 is 1.73 bits per heavy atom. The third-order valence-corrected chi connectivity index (χ3v) is 4.67. The quantitative estimate of drug-likeness (QED) is 0.698. The fourth-order valence-electron chi connectivity index (χ4n) is 2.61. The van der Waals surface area contributed by atoms with Crippen LogP contribution in [-0.4, -0.2) is 29.9 Å². The summed E-state index contributed by atoms with van der Waals surface area (Å²) in [5.74, 6) is 0.375. The molecule has 2 N–H and O–H groups in total. The van der Waals surface area contributed by atoms with E-state index >= 15 is 0 Å². The minimum absolute atomic E-state index is 0.188. The number of amides is 2. The lowest BCUT2D eigenvalue weighted by molar-refractivity contribution is -0.118. The van der Waals surface area contributed by atoms with E-state index < -0.39 is 6.04 Å². The second-order valence-corrected chi connectivity index (χ2v) is 7.10. The number of benzene rings is 2. The maximum Gasteiger partial charge on any atom is 0.251 e. The smallest absolute Gasteiger partial charge is 0.251 e. The summed E-state index contributed by atoms with van der Waals surface area (Å²) in [6.45, 7) is 2.14. The topological polar surface area (TPSA) is 58.2 Å². The molecular weight excluding hydrogens is 344 g/mol. The molecule has 0 aliphatic heterocycles. The molecule has 0 aromatic heterocycles. The van der Waals surface area contributed by atoms with Crippen LogP contribution in [0.3, 0.4) is 0 Å². The number of rotatable bonds is 9. The zero-order valence-corrected chi connectivity index (χ0v) is 16.1. The van der Waals surface area contributed by atoms with Gasteiger partial charge in [0.25, 0.3) is 5.91 Å². The molecule has 0 saturated heterocycles. The molecule has 1 unspecified atom stereocenters. The number of anilines is 1. The summed E-state index contributed by atoms with van der Waals surface area (Å²) in [5.41, 5.74) is 2.55. The van der Waals surface area contributed by atoms with Crippen molar-refractivity contribution in [3.8, 4) is 0 Å². The molecule has 0 heterocycles. The van der Waals surface area contributed by atoms with Crippen molar-refractivity contribution in [3.05, 3.63) is 65.7 Å². The Balaban J connectivity index is 2.02. The van der Waals surface area contributed by atoms with Gasteiger partial charge in [-0.2, -0.15) is 11.8 Å². The minimum atomic E-state index is -0.564. The highest BCUT2D eigenvalue weighted by Gasteiger charge is 2.21. The zero-order chi connectivity index (χ0) is 18.8. The lowest BCUT2D eigenvalue weighted by Crippen LogP contribution is -2.44. The summed E-state index contributed by atoms with van der Waals surface area (Å²) in [6.07, 6.45) is 4.69. The fourth-order valence-corrected chi connectivity index (χ4v) is 3.08. The van der Waals surface area contributed by atoms with Gasteiger partial charge in [0.1, 0.15) is 6.04 Å². The first-order chi connectivity index (χ1) is 12.6. The van der Waals surface area contributed by atoms with E-state index in [-0.39, 0.29) is 11.8 Å². The number of nitrogens with one attached hydrogen (secondary N) is 2. The van der Waals surface area contributed by atoms with Gasteiger partial charge in [0.2, 0.25) is 5.91 Å². The average molecular weight is 371 g/mol. The normalized spacial score (nSPS) is 11.6. The van der Waals surface area contributed by atoms with Crippen LogP contribution in [0.4, 0.5) is 5.69 Å². The molecule has 0 saturated carbocycles. The SMILES string of the molecule is CCCc1ccc(NC(=O)C(CCSC)NC(=O)c2ccccc2)cc1. The summed E-state index contributed by atoms with van der Waals surface area (Å²) < 4.78 is 0. The monoisotopic (exact) mass is 370 g/mol. The molecule has 2 amide bonds. The number of thioether (sulfide) groups is 1. The second-order valence-electron chi connectivity index (χ2n) is 6.11. The van der Waals surface area contributed by atoms with Crippen LogP contribution in [0.1, 0.15) is 35.7 Å². The van der Waals surface area contributed by atoms with E-state index in [1.165, 1.54) is 5.56 Å². The van der Waals surface area contributed by atoms with Crippen molar-refractivity contribution < 1.29 is 9.59 Å². The zero-order valence-electron chi connectivity index (χ0n) is 15.3. The molecule has 0 aliphatic carbocycles. The Labute approximate surface area is 159 Å². The van der Waals surface area contributed by atoms with E-state index in [2.05, 4.69) is 17.6 Å². The maximum absolute atomic E-state index is 12.7. The van der Waals surface area contributed by atoms with Crippen LogP contribution < -0.4 is 10.6 Å². The van der Waals surface area contributed by atoms with E-state index in [0.29, 0.717) is 12.0 Å². The van der Waals surface area contributed by atoms with Crippen molar-refractivity contribution in [2.75, 3.05) is 17.3 Å². The van der Waals surface area contributed by atoms with Gasteiger partial charge >= 0.3 is 0 Å². The van der Waals surface area contributed by atoms with Crippen LogP contribution >= 0.6 is 11.8 Å². The molecule has 2 rings (SSSR count). The van der Waals surface area contributed by atoms with Gasteiger partial charge in [0, 0.05) is 11.3 Å². The highest BCUT2D eigenvalue weighted by molar-refractivity contribution is 7.98. The van der Waals surface area contributed by atoms with E-state index in [1.54, 1.807) is 23.9 Å². The standard InChI is InChI=1S/C21H26N2O2S/c1-3-7-16-10-12-18(13-11-16)22-21(25)19(14-15-26-2)23-20(24)17-8-5-4-6-9-17/h4-6,8-13,19H,3,7,14-15H2,1-2H3,(H,22,25)(H,23,24). The first-order valence-corrected chi connectivity index (χ1v) is 10.3. The van der Waals surface area contributed by atoms with Crippen molar-refractivity contribution in [3.63, 3.8) is 0 Å². The number of hydrogen-bond acceptors (Lipinski definition) is 3. The van der Waals surface area contributed by atoms with Crippen molar-refractivity contribution in [1.29, 1.82) is 0 Å². The number of carbonyl (C=O) groups is 2. The summed E-state index contributed by atoms with van der Waals surface area (Å²) in [6, 6.07) is 16.3. The molecule has 0 spiro atoms. The van der Waals surface area contributed by atoms with Crippen LogP contribution in [0, 0.1) is 0 Å².